The molecule has 0 spiro atoms. The highest BCUT2D eigenvalue weighted by Gasteiger charge is 2.28. The van der Waals surface area contributed by atoms with Crippen LogP contribution in [0.3, 0.4) is 0 Å². The van der Waals surface area contributed by atoms with Crippen molar-refractivity contribution in [3.8, 4) is 0 Å². The Balaban J connectivity index is 1.73. The number of aromatic nitrogens is 2. The van der Waals surface area contributed by atoms with Crippen LogP contribution in [0, 0.1) is 5.92 Å². The van der Waals surface area contributed by atoms with Gasteiger partial charge >= 0.3 is 5.97 Å². The summed E-state index contributed by atoms with van der Waals surface area (Å²) in [5.74, 6) is -1.38. The van der Waals surface area contributed by atoms with Gasteiger partial charge in [-0.05, 0) is 36.6 Å². The summed E-state index contributed by atoms with van der Waals surface area (Å²) in [7, 11) is 0. The molecule has 0 bridgehead atoms. The van der Waals surface area contributed by atoms with E-state index in [1.807, 2.05) is 30.5 Å². The number of piperidine rings is 1. The van der Waals surface area contributed by atoms with Gasteiger partial charge in [-0.15, -0.1) is 0 Å². The number of carboxylic acid groups (broad SMARTS) is 1. The number of nitrogens with zero attached hydrogens (tertiary/aromatic N) is 3. The normalized spacial score (nSPS) is 17.9. The lowest BCUT2D eigenvalue weighted by Crippen LogP contribution is -2.42. The molecule has 0 aliphatic carbocycles. The molecule has 120 valence electrons. The van der Waals surface area contributed by atoms with Crippen molar-refractivity contribution >= 4 is 11.9 Å². The van der Waals surface area contributed by atoms with Crippen molar-refractivity contribution in [2.24, 2.45) is 5.92 Å². The molecule has 1 aromatic heterocycles. The zero-order valence-electron chi connectivity index (χ0n) is 12.8. The van der Waals surface area contributed by atoms with E-state index < -0.39 is 11.9 Å². The van der Waals surface area contributed by atoms with Crippen LogP contribution in [-0.4, -0.2) is 44.8 Å². The first-order chi connectivity index (χ1) is 11.1. The lowest BCUT2D eigenvalue weighted by atomic mass is 9.97. The van der Waals surface area contributed by atoms with E-state index in [0.717, 1.165) is 12.0 Å². The number of amides is 1. The Morgan fingerprint density at radius 3 is 2.91 bits per heavy atom. The first-order valence-electron chi connectivity index (χ1n) is 7.72. The second-order valence-corrected chi connectivity index (χ2v) is 5.83. The molecule has 6 nitrogen and oxygen atoms in total. The maximum Gasteiger partial charge on any atom is 0.308 e. The summed E-state index contributed by atoms with van der Waals surface area (Å²) in [5.41, 5.74) is 1.59. The Kier molecular flexibility index (Phi) is 4.41. The van der Waals surface area contributed by atoms with Crippen LogP contribution >= 0.6 is 0 Å². The van der Waals surface area contributed by atoms with Crippen molar-refractivity contribution in [1.29, 1.82) is 0 Å². The molecule has 1 saturated heterocycles. The predicted molar refractivity (Wildman–Crippen MR) is 84.0 cm³/mol. The van der Waals surface area contributed by atoms with Gasteiger partial charge in [-0.25, -0.2) is 0 Å². The van der Waals surface area contributed by atoms with Gasteiger partial charge in [-0.3, -0.25) is 14.3 Å². The molecule has 1 N–H and O–H groups in total. The molecule has 6 heteroatoms. The lowest BCUT2D eigenvalue weighted by Gasteiger charge is -2.30. The van der Waals surface area contributed by atoms with Gasteiger partial charge in [0.2, 0.25) is 0 Å². The minimum atomic E-state index is -0.824. The summed E-state index contributed by atoms with van der Waals surface area (Å²) in [4.78, 5) is 25.4. The average Bonchev–Trinajstić information content (AvgIpc) is 3.07. The van der Waals surface area contributed by atoms with Gasteiger partial charge in [0.1, 0.15) is 0 Å². The smallest absolute Gasteiger partial charge is 0.308 e. The lowest BCUT2D eigenvalue weighted by molar-refractivity contribution is -0.143. The quantitative estimate of drug-likeness (QED) is 0.935. The Hall–Kier alpha value is -2.63. The fourth-order valence-corrected chi connectivity index (χ4v) is 2.93. The fourth-order valence-electron chi connectivity index (χ4n) is 2.93. The Labute approximate surface area is 134 Å². The van der Waals surface area contributed by atoms with Crippen molar-refractivity contribution in [3.63, 3.8) is 0 Å². The van der Waals surface area contributed by atoms with Crippen LogP contribution in [0.4, 0.5) is 0 Å². The third-order valence-electron chi connectivity index (χ3n) is 4.14. The summed E-state index contributed by atoms with van der Waals surface area (Å²) in [6.07, 6.45) is 4.96. The Bertz CT molecular complexity index is 697. The highest BCUT2D eigenvalue weighted by molar-refractivity contribution is 5.94. The molecule has 1 atom stereocenters. The minimum absolute atomic E-state index is 0.0988. The number of likely N-dealkylation sites (tertiary alicyclic amines) is 1. The van der Waals surface area contributed by atoms with E-state index in [9.17, 15) is 9.59 Å². The van der Waals surface area contributed by atoms with Crippen molar-refractivity contribution in [3.05, 3.63) is 53.9 Å². The number of hydrogen-bond acceptors (Lipinski definition) is 3. The number of benzene rings is 1. The van der Waals surface area contributed by atoms with Crippen LogP contribution in [-0.2, 0) is 11.3 Å². The summed E-state index contributed by atoms with van der Waals surface area (Å²) >= 11 is 0. The molecule has 0 radical (unpaired) electrons. The van der Waals surface area contributed by atoms with Gasteiger partial charge in [0.25, 0.3) is 5.91 Å². The van der Waals surface area contributed by atoms with Gasteiger partial charge < -0.3 is 10.0 Å². The standard InChI is InChI=1S/C17H19N3O3/c21-16(19-8-2-6-15(12-19)17(22)23)14-5-1-4-13(10-14)11-20-9-3-7-18-20/h1,3-5,7,9-10,15H,2,6,8,11-12H2,(H,22,23). The number of hydrogen-bond donors (Lipinski definition) is 1. The van der Waals surface area contributed by atoms with Crippen LogP contribution in [0.25, 0.3) is 0 Å². The molecule has 2 aromatic rings. The second kappa shape index (κ2) is 6.64. The van der Waals surface area contributed by atoms with E-state index in [0.29, 0.717) is 25.1 Å². The molecular weight excluding hydrogens is 294 g/mol. The van der Waals surface area contributed by atoms with E-state index in [1.54, 1.807) is 21.8 Å². The molecule has 1 aliphatic rings. The van der Waals surface area contributed by atoms with Crippen molar-refractivity contribution in [1.82, 2.24) is 14.7 Å². The number of carbonyl (C=O) groups is 2. The fraction of sp³-hybridized carbons (Fsp3) is 0.353. The van der Waals surface area contributed by atoms with Crippen LogP contribution in [0.15, 0.2) is 42.7 Å². The highest BCUT2D eigenvalue weighted by Crippen LogP contribution is 2.19. The monoisotopic (exact) mass is 313 g/mol. The Morgan fingerprint density at radius 2 is 2.17 bits per heavy atom. The molecule has 23 heavy (non-hydrogen) atoms. The first-order valence-corrected chi connectivity index (χ1v) is 7.72. The van der Waals surface area contributed by atoms with Gasteiger partial charge in [0, 0.05) is 31.0 Å². The SMILES string of the molecule is O=C(O)C1CCCN(C(=O)c2cccc(Cn3cccn3)c2)C1. The van der Waals surface area contributed by atoms with E-state index in [4.69, 9.17) is 5.11 Å². The number of carboxylic acids is 1. The summed E-state index contributed by atoms with van der Waals surface area (Å²) in [6, 6.07) is 9.29. The average molecular weight is 313 g/mol. The molecule has 1 aromatic carbocycles. The van der Waals surface area contributed by atoms with Gasteiger partial charge in [0.05, 0.1) is 12.5 Å². The number of aliphatic carboxylic acids is 1. The van der Waals surface area contributed by atoms with E-state index in [1.165, 1.54) is 0 Å². The zero-order valence-corrected chi connectivity index (χ0v) is 12.8. The highest BCUT2D eigenvalue weighted by atomic mass is 16.4. The predicted octanol–water partition coefficient (Wildman–Crippen LogP) is 1.87. The first kappa shape index (κ1) is 15.3. The molecule has 1 unspecified atom stereocenters. The van der Waals surface area contributed by atoms with E-state index in [2.05, 4.69) is 5.10 Å². The molecule has 0 saturated carbocycles. The zero-order chi connectivity index (χ0) is 16.2. The topological polar surface area (TPSA) is 75.4 Å². The molecular formula is C17H19N3O3. The Morgan fingerprint density at radius 1 is 1.30 bits per heavy atom. The summed E-state index contributed by atoms with van der Waals surface area (Å²) < 4.78 is 1.80. The van der Waals surface area contributed by atoms with E-state index in [-0.39, 0.29) is 12.5 Å². The largest absolute Gasteiger partial charge is 0.481 e. The van der Waals surface area contributed by atoms with Crippen molar-refractivity contribution < 1.29 is 14.7 Å². The second-order valence-electron chi connectivity index (χ2n) is 5.83. The molecule has 2 heterocycles. The number of carbonyl (C=O) groups excluding carboxylic acids is 1. The molecule has 3 rings (SSSR count). The maximum absolute atomic E-state index is 12.6. The molecule has 1 fully saturated rings. The van der Waals surface area contributed by atoms with Gasteiger partial charge in [0.15, 0.2) is 0 Å². The summed E-state index contributed by atoms with van der Waals surface area (Å²) in [5, 5.41) is 13.3. The third kappa shape index (κ3) is 3.59. The van der Waals surface area contributed by atoms with Crippen molar-refractivity contribution in [2.75, 3.05) is 13.1 Å². The van der Waals surface area contributed by atoms with Gasteiger partial charge in [-0.1, -0.05) is 12.1 Å². The van der Waals surface area contributed by atoms with Crippen LogP contribution in [0.2, 0.25) is 0 Å². The number of rotatable bonds is 4. The van der Waals surface area contributed by atoms with Crippen molar-refractivity contribution in [2.45, 2.75) is 19.4 Å². The van der Waals surface area contributed by atoms with Gasteiger partial charge in [-0.2, -0.15) is 5.10 Å². The van der Waals surface area contributed by atoms with Crippen LogP contribution in [0.5, 0.6) is 0 Å². The molecule has 1 aliphatic heterocycles. The minimum Gasteiger partial charge on any atom is -0.481 e. The third-order valence-corrected chi connectivity index (χ3v) is 4.14. The maximum atomic E-state index is 12.6. The van der Waals surface area contributed by atoms with Crippen LogP contribution in [0.1, 0.15) is 28.8 Å². The van der Waals surface area contributed by atoms with Crippen LogP contribution < -0.4 is 0 Å². The van der Waals surface area contributed by atoms with E-state index >= 15 is 0 Å². The summed E-state index contributed by atoms with van der Waals surface area (Å²) in [6.45, 7) is 1.51. The molecule has 1 amide bonds.